The van der Waals surface area contributed by atoms with E-state index in [0.29, 0.717) is 35.7 Å². The number of benzene rings is 1. The van der Waals surface area contributed by atoms with Gasteiger partial charge in [0.15, 0.2) is 0 Å². The molecule has 5 nitrogen and oxygen atoms in total. The normalized spacial score (nSPS) is 31.5. The number of hydrogen-bond acceptors (Lipinski definition) is 3. The lowest BCUT2D eigenvalue weighted by Gasteiger charge is -2.55. The van der Waals surface area contributed by atoms with Crippen molar-refractivity contribution in [3.8, 4) is 5.75 Å². The summed E-state index contributed by atoms with van der Waals surface area (Å²) < 4.78 is 5.57. The number of hydrazine groups is 1. The molecule has 2 N–H and O–H groups in total. The van der Waals surface area contributed by atoms with Gasteiger partial charge in [0.05, 0.1) is 12.0 Å². The summed E-state index contributed by atoms with van der Waals surface area (Å²) in [7, 11) is 0. The highest BCUT2D eigenvalue weighted by molar-refractivity contribution is 5.96. The first kappa shape index (κ1) is 17.4. The van der Waals surface area contributed by atoms with E-state index in [9.17, 15) is 9.59 Å². The van der Waals surface area contributed by atoms with E-state index in [1.54, 1.807) is 18.2 Å². The monoisotopic (exact) mass is 356 g/mol. The molecular formula is C21H28N2O3. The molecule has 0 aliphatic heterocycles. The number of amides is 2. The maximum Gasteiger partial charge on any atom is 0.269 e. The molecule has 0 spiro atoms. The number of nitrogens with one attached hydrogen (secondary N) is 2. The van der Waals surface area contributed by atoms with Crippen LogP contribution in [0.25, 0.3) is 0 Å². The summed E-state index contributed by atoms with van der Waals surface area (Å²) in [5, 5.41) is 0. The highest BCUT2D eigenvalue weighted by Gasteiger charge is 2.54. The van der Waals surface area contributed by atoms with Crippen LogP contribution in [0.5, 0.6) is 5.75 Å². The van der Waals surface area contributed by atoms with Crippen molar-refractivity contribution in [2.75, 3.05) is 6.61 Å². The molecular weight excluding hydrogens is 328 g/mol. The summed E-state index contributed by atoms with van der Waals surface area (Å²) in [4.78, 5) is 25.3. The third kappa shape index (κ3) is 3.31. The molecule has 4 aliphatic rings. The third-order valence-electron chi connectivity index (χ3n) is 6.38. The van der Waals surface area contributed by atoms with Gasteiger partial charge in [0.25, 0.3) is 5.91 Å². The van der Waals surface area contributed by atoms with Crippen molar-refractivity contribution in [2.45, 2.75) is 51.9 Å². The highest BCUT2D eigenvalue weighted by Crippen LogP contribution is 2.60. The van der Waals surface area contributed by atoms with Gasteiger partial charge in [-0.15, -0.1) is 0 Å². The van der Waals surface area contributed by atoms with Gasteiger partial charge in [-0.1, -0.05) is 13.0 Å². The predicted octanol–water partition coefficient (Wildman–Crippen LogP) is 3.45. The van der Waals surface area contributed by atoms with Gasteiger partial charge in [0.1, 0.15) is 5.75 Å². The van der Waals surface area contributed by atoms with Crippen LogP contribution in [0.4, 0.5) is 0 Å². The summed E-state index contributed by atoms with van der Waals surface area (Å²) in [5.74, 6) is 2.49. The zero-order chi connectivity index (χ0) is 18.1. The largest absolute Gasteiger partial charge is 0.494 e. The van der Waals surface area contributed by atoms with Gasteiger partial charge in [-0.05, 0) is 80.9 Å². The molecule has 0 aromatic heterocycles. The zero-order valence-corrected chi connectivity index (χ0v) is 15.4. The molecule has 0 radical (unpaired) electrons. The summed E-state index contributed by atoms with van der Waals surface area (Å²) in [6, 6.07) is 7.06. The molecule has 0 heterocycles. The van der Waals surface area contributed by atoms with E-state index in [-0.39, 0.29) is 17.2 Å². The van der Waals surface area contributed by atoms with Crippen molar-refractivity contribution >= 4 is 11.8 Å². The van der Waals surface area contributed by atoms with E-state index in [1.807, 2.05) is 13.0 Å². The van der Waals surface area contributed by atoms with E-state index in [4.69, 9.17) is 4.74 Å². The topological polar surface area (TPSA) is 67.4 Å². The molecule has 4 fully saturated rings. The minimum absolute atomic E-state index is 0.00309. The molecule has 1 aromatic rings. The average Bonchev–Trinajstić information content (AvgIpc) is 2.63. The fourth-order valence-electron chi connectivity index (χ4n) is 5.65. The van der Waals surface area contributed by atoms with Crippen molar-refractivity contribution < 1.29 is 14.3 Å². The van der Waals surface area contributed by atoms with Gasteiger partial charge in [-0.2, -0.15) is 0 Å². The van der Waals surface area contributed by atoms with Crippen molar-refractivity contribution in [3.63, 3.8) is 0 Å². The standard InChI is InChI=1S/C21H28N2O3/c1-2-6-26-18-5-3-4-17(10-18)19(24)22-23-20(25)21-11-14-7-15(12-21)9-16(8-14)13-21/h3-5,10,14-16H,2,6-9,11-13H2,1H3,(H,22,24)(H,23,25). The predicted molar refractivity (Wildman–Crippen MR) is 98.4 cm³/mol. The molecule has 2 amide bonds. The smallest absolute Gasteiger partial charge is 0.269 e. The molecule has 0 atom stereocenters. The number of carbonyl (C=O) groups excluding carboxylic acids is 2. The van der Waals surface area contributed by atoms with Crippen molar-refractivity contribution in [1.82, 2.24) is 10.9 Å². The summed E-state index contributed by atoms with van der Waals surface area (Å²) >= 11 is 0. The Morgan fingerprint density at radius 2 is 1.73 bits per heavy atom. The second-order valence-electron chi connectivity index (χ2n) is 8.48. The molecule has 0 unspecified atom stereocenters. The van der Waals surface area contributed by atoms with Crippen LogP contribution in [0.3, 0.4) is 0 Å². The second-order valence-corrected chi connectivity index (χ2v) is 8.48. The first-order valence-corrected chi connectivity index (χ1v) is 9.91. The lowest BCUT2D eigenvalue weighted by atomic mass is 9.49. The maximum atomic E-state index is 12.9. The Kier molecular flexibility index (Phi) is 4.63. The molecule has 26 heavy (non-hydrogen) atoms. The fraction of sp³-hybridized carbons (Fsp3) is 0.619. The Bertz CT molecular complexity index is 665. The first-order chi connectivity index (χ1) is 12.6. The van der Waals surface area contributed by atoms with E-state index < -0.39 is 0 Å². The van der Waals surface area contributed by atoms with Gasteiger partial charge < -0.3 is 4.74 Å². The van der Waals surface area contributed by atoms with Crippen molar-refractivity contribution in [2.24, 2.45) is 23.2 Å². The molecule has 4 bridgehead atoms. The fourth-order valence-corrected chi connectivity index (χ4v) is 5.65. The maximum absolute atomic E-state index is 12.9. The van der Waals surface area contributed by atoms with E-state index in [2.05, 4.69) is 10.9 Å². The molecule has 0 saturated heterocycles. The summed E-state index contributed by atoms with van der Waals surface area (Å²) in [6.07, 6.45) is 7.76. The van der Waals surface area contributed by atoms with E-state index >= 15 is 0 Å². The van der Waals surface area contributed by atoms with Gasteiger partial charge in [0.2, 0.25) is 5.91 Å². The first-order valence-electron chi connectivity index (χ1n) is 9.91. The Morgan fingerprint density at radius 3 is 2.35 bits per heavy atom. The highest BCUT2D eigenvalue weighted by atomic mass is 16.5. The number of carbonyl (C=O) groups is 2. The molecule has 1 aromatic carbocycles. The quantitative estimate of drug-likeness (QED) is 0.794. The Balaban J connectivity index is 1.37. The van der Waals surface area contributed by atoms with Crippen LogP contribution in [0.2, 0.25) is 0 Å². The lowest BCUT2D eigenvalue weighted by molar-refractivity contribution is -0.147. The SMILES string of the molecule is CCCOc1cccc(C(=O)NNC(=O)C23CC4CC(CC(C4)C2)C3)c1. The van der Waals surface area contributed by atoms with Crippen LogP contribution in [-0.2, 0) is 4.79 Å². The lowest BCUT2D eigenvalue weighted by Crippen LogP contribution is -2.56. The second kappa shape index (κ2) is 6.93. The number of hydrogen-bond donors (Lipinski definition) is 2. The van der Waals surface area contributed by atoms with Crippen LogP contribution in [0.1, 0.15) is 62.2 Å². The number of rotatable bonds is 5. The van der Waals surface area contributed by atoms with Gasteiger partial charge >= 0.3 is 0 Å². The molecule has 5 rings (SSSR count). The molecule has 140 valence electrons. The number of ether oxygens (including phenoxy) is 1. The van der Waals surface area contributed by atoms with E-state index in [1.165, 1.54) is 19.3 Å². The van der Waals surface area contributed by atoms with Gasteiger partial charge in [-0.25, -0.2) is 0 Å². The van der Waals surface area contributed by atoms with Crippen LogP contribution < -0.4 is 15.6 Å². The zero-order valence-electron chi connectivity index (χ0n) is 15.4. The van der Waals surface area contributed by atoms with Gasteiger partial charge in [0, 0.05) is 5.56 Å². The van der Waals surface area contributed by atoms with Crippen LogP contribution in [0, 0.1) is 23.2 Å². The molecule has 5 heteroatoms. The Labute approximate surface area is 154 Å². The van der Waals surface area contributed by atoms with Gasteiger partial charge in [-0.3, -0.25) is 20.4 Å². The van der Waals surface area contributed by atoms with Crippen LogP contribution >= 0.6 is 0 Å². The van der Waals surface area contributed by atoms with E-state index in [0.717, 1.165) is 25.7 Å². The van der Waals surface area contributed by atoms with Crippen molar-refractivity contribution in [3.05, 3.63) is 29.8 Å². The van der Waals surface area contributed by atoms with Crippen molar-refractivity contribution in [1.29, 1.82) is 0 Å². The molecule has 4 aliphatic carbocycles. The minimum atomic E-state index is -0.301. The summed E-state index contributed by atoms with van der Waals surface area (Å²) in [5.41, 5.74) is 5.57. The van der Waals surface area contributed by atoms with Crippen LogP contribution in [0.15, 0.2) is 24.3 Å². The third-order valence-corrected chi connectivity index (χ3v) is 6.38. The average molecular weight is 356 g/mol. The van der Waals surface area contributed by atoms with Crippen LogP contribution in [-0.4, -0.2) is 18.4 Å². The Hall–Kier alpha value is -2.04. The minimum Gasteiger partial charge on any atom is -0.494 e. The summed E-state index contributed by atoms with van der Waals surface area (Å²) in [6.45, 7) is 2.66. The molecule has 4 saturated carbocycles. The Morgan fingerprint density at radius 1 is 1.08 bits per heavy atom.